The molecule has 2 rings (SSSR count). The van der Waals surface area contributed by atoms with Gasteiger partial charge in [-0.1, -0.05) is 17.7 Å². The summed E-state index contributed by atoms with van der Waals surface area (Å²) in [6, 6.07) is 11.3. The lowest BCUT2D eigenvalue weighted by Gasteiger charge is -2.21. The molecule has 0 bridgehead atoms. The summed E-state index contributed by atoms with van der Waals surface area (Å²) in [5.74, 6) is -0.461. The first-order valence-corrected chi connectivity index (χ1v) is 10.9. The van der Waals surface area contributed by atoms with Crippen LogP contribution in [0.3, 0.4) is 0 Å². The van der Waals surface area contributed by atoms with Gasteiger partial charge in [-0.3, -0.25) is 4.79 Å². The number of anilines is 1. The van der Waals surface area contributed by atoms with Gasteiger partial charge in [-0.25, -0.2) is 8.42 Å². The van der Waals surface area contributed by atoms with Crippen molar-refractivity contribution < 1.29 is 13.2 Å². The van der Waals surface area contributed by atoms with Gasteiger partial charge in [0.05, 0.1) is 15.5 Å². The molecular weight excluding hydrogens is 392 g/mol. The maximum absolute atomic E-state index is 12.6. The fourth-order valence-electron chi connectivity index (χ4n) is 2.18. The van der Waals surface area contributed by atoms with Crippen LogP contribution >= 0.6 is 23.4 Å². The SMILES string of the molecule is CSc1cccc(NC(=O)c2cc(S(=O)(=O)N(C)C(C)C)ccc2Cl)c1. The zero-order valence-corrected chi connectivity index (χ0v) is 17.4. The average Bonchev–Trinajstić information content (AvgIpc) is 2.61. The van der Waals surface area contributed by atoms with Gasteiger partial charge < -0.3 is 5.32 Å². The van der Waals surface area contributed by atoms with Gasteiger partial charge in [-0.05, 0) is 56.5 Å². The number of benzene rings is 2. The van der Waals surface area contributed by atoms with Gasteiger partial charge in [0.1, 0.15) is 0 Å². The smallest absolute Gasteiger partial charge is 0.257 e. The van der Waals surface area contributed by atoms with Gasteiger partial charge in [0.15, 0.2) is 0 Å². The van der Waals surface area contributed by atoms with E-state index in [1.807, 2.05) is 24.5 Å². The van der Waals surface area contributed by atoms with E-state index in [4.69, 9.17) is 11.6 Å². The second kappa shape index (κ2) is 8.43. The van der Waals surface area contributed by atoms with E-state index < -0.39 is 15.9 Å². The molecule has 0 saturated carbocycles. The van der Waals surface area contributed by atoms with Crippen molar-refractivity contribution in [3.63, 3.8) is 0 Å². The number of halogens is 1. The molecule has 0 fully saturated rings. The second-order valence-electron chi connectivity index (χ2n) is 5.94. The topological polar surface area (TPSA) is 66.5 Å². The third kappa shape index (κ3) is 4.59. The summed E-state index contributed by atoms with van der Waals surface area (Å²) in [7, 11) is -2.20. The summed E-state index contributed by atoms with van der Waals surface area (Å²) in [6.07, 6.45) is 1.94. The molecule has 0 aromatic heterocycles. The molecule has 2 aromatic carbocycles. The number of nitrogens with one attached hydrogen (secondary N) is 1. The molecule has 0 saturated heterocycles. The van der Waals surface area contributed by atoms with Gasteiger partial charge >= 0.3 is 0 Å². The molecule has 0 aliphatic heterocycles. The van der Waals surface area contributed by atoms with Gasteiger partial charge in [-0.15, -0.1) is 11.8 Å². The van der Waals surface area contributed by atoms with Crippen LogP contribution in [-0.2, 0) is 10.0 Å². The number of hydrogen-bond donors (Lipinski definition) is 1. The highest BCUT2D eigenvalue weighted by Gasteiger charge is 2.25. The summed E-state index contributed by atoms with van der Waals surface area (Å²) in [4.78, 5) is 13.6. The predicted octanol–water partition coefficient (Wildman–Crippen LogP) is 4.34. The zero-order chi connectivity index (χ0) is 19.5. The van der Waals surface area contributed by atoms with Crippen molar-refractivity contribution in [2.24, 2.45) is 0 Å². The van der Waals surface area contributed by atoms with Crippen LogP contribution in [0.2, 0.25) is 5.02 Å². The minimum Gasteiger partial charge on any atom is -0.322 e. The van der Waals surface area contributed by atoms with Crippen molar-refractivity contribution in [1.82, 2.24) is 4.31 Å². The lowest BCUT2D eigenvalue weighted by Crippen LogP contribution is -2.33. The first kappa shape index (κ1) is 20.8. The molecule has 26 heavy (non-hydrogen) atoms. The average molecular weight is 413 g/mol. The molecule has 0 atom stereocenters. The summed E-state index contributed by atoms with van der Waals surface area (Å²) in [5.41, 5.74) is 0.727. The van der Waals surface area contributed by atoms with E-state index in [1.165, 1.54) is 29.6 Å². The largest absolute Gasteiger partial charge is 0.322 e. The van der Waals surface area contributed by atoms with Gasteiger partial charge in [-0.2, -0.15) is 4.31 Å². The van der Waals surface area contributed by atoms with Gasteiger partial charge in [0.2, 0.25) is 10.0 Å². The highest BCUT2D eigenvalue weighted by molar-refractivity contribution is 7.98. The molecular formula is C18H21ClN2O3S2. The number of hydrogen-bond acceptors (Lipinski definition) is 4. The van der Waals surface area contributed by atoms with Crippen molar-refractivity contribution in [3.8, 4) is 0 Å². The zero-order valence-electron chi connectivity index (χ0n) is 15.0. The van der Waals surface area contributed by atoms with Crippen molar-refractivity contribution in [3.05, 3.63) is 53.1 Å². The van der Waals surface area contributed by atoms with E-state index in [0.29, 0.717) is 5.69 Å². The monoisotopic (exact) mass is 412 g/mol. The Morgan fingerprint density at radius 2 is 1.88 bits per heavy atom. The minimum absolute atomic E-state index is 0.0288. The number of rotatable bonds is 6. The Kier molecular flexibility index (Phi) is 6.74. The minimum atomic E-state index is -3.70. The van der Waals surface area contributed by atoms with Crippen molar-refractivity contribution in [2.75, 3.05) is 18.6 Å². The first-order chi connectivity index (χ1) is 12.2. The number of carbonyl (C=O) groups is 1. The number of nitrogens with zero attached hydrogens (tertiary/aromatic N) is 1. The Morgan fingerprint density at radius 1 is 1.19 bits per heavy atom. The molecule has 1 amide bonds. The molecule has 0 heterocycles. The molecule has 0 aliphatic carbocycles. The second-order valence-corrected chi connectivity index (χ2v) is 9.23. The number of sulfonamides is 1. The summed E-state index contributed by atoms with van der Waals surface area (Å²) in [5, 5.41) is 2.95. The standard InChI is InChI=1S/C18H21ClN2O3S2/c1-12(2)21(3)26(23,24)15-8-9-17(19)16(11-15)18(22)20-13-6-5-7-14(10-13)25-4/h5-12H,1-4H3,(H,20,22). The van der Waals surface area contributed by atoms with Crippen LogP contribution in [-0.4, -0.2) is 38.0 Å². The molecule has 1 N–H and O–H groups in total. The van der Waals surface area contributed by atoms with Crippen molar-refractivity contribution >= 4 is 45.0 Å². The Bertz CT molecular complexity index is 914. The summed E-state index contributed by atoms with van der Waals surface area (Å²) in [6.45, 7) is 3.56. The van der Waals surface area contributed by atoms with Crippen molar-refractivity contribution in [1.29, 1.82) is 0 Å². The van der Waals surface area contributed by atoms with E-state index in [9.17, 15) is 13.2 Å². The van der Waals surface area contributed by atoms with E-state index in [0.717, 1.165) is 4.90 Å². The van der Waals surface area contributed by atoms with Gasteiger partial charge in [0, 0.05) is 23.7 Å². The fraction of sp³-hybridized carbons (Fsp3) is 0.278. The van der Waals surface area contributed by atoms with Crippen LogP contribution in [0.5, 0.6) is 0 Å². The Balaban J connectivity index is 2.36. The van der Waals surface area contributed by atoms with Crippen LogP contribution in [0.1, 0.15) is 24.2 Å². The Morgan fingerprint density at radius 3 is 2.50 bits per heavy atom. The quantitative estimate of drug-likeness (QED) is 0.716. The van der Waals surface area contributed by atoms with E-state index in [1.54, 1.807) is 31.7 Å². The molecule has 0 aliphatic rings. The Hall–Kier alpha value is -1.54. The number of carbonyl (C=O) groups excluding carboxylic acids is 1. The molecule has 5 nitrogen and oxygen atoms in total. The Labute approximate surface area is 163 Å². The molecule has 8 heteroatoms. The van der Waals surface area contributed by atoms with E-state index in [2.05, 4.69) is 5.32 Å². The molecule has 140 valence electrons. The fourth-order valence-corrected chi connectivity index (χ4v) is 4.24. The van der Waals surface area contributed by atoms with Gasteiger partial charge in [0.25, 0.3) is 5.91 Å². The van der Waals surface area contributed by atoms with Crippen LogP contribution < -0.4 is 5.32 Å². The summed E-state index contributed by atoms with van der Waals surface area (Å²) >= 11 is 7.69. The van der Waals surface area contributed by atoms with Crippen LogP contribution in [0.15, 0.2) is 52.3 Å². The van der Waals surface area contributed by atoms with Crippen LogP contribution in [0.4, 0.5) is 5.69 Å². The van der Waals surface area contributed by atoms with Crippen molar-refractivity contribution in [2.45, 2.75) is 29.7 Å². The van der Waals surface area contributed by atoms with E-state index in [-0.39, 0.29) is 21.5 Å². The molecule has 0 radical (unpaired) electrons. The van der Waals surface area contributed by atoms with Crippen LogP contribution in [0, 0.1) is 0 Å². The van der Waals surface area contributed by atoms with E-state index >= 15 is 0 Å². The first-order valence-electron chi connectivity index (χ1n) is 7.90. The predicted molar refractivity (Wildman–Crippen MR) is 108 cm³/mol. The normalized spacial score (nSPS) is 11.8. The lowest BCUT2D eigenvalue weighted by atomic mass is 10.2. The highest BCUT2D eigenvalue weighted by atomic mass is 35.5. The maximum atomic E-state index is 12.6. The molecule has 2 aromatic rings. The maximum Gasteiger partial charge on any atom is 0.257 e. The van der Waals surface area contributed by atoms with Crippen LogP contribution in [0.25, 0.3) is 0 Å². The number of amides is 1. The number of thioether (sulfide) groups is 1. The lowest BCUT2D eigenvalue weighted by molar-refractivity contribution is 0.102. The molecule has 0 unspecified atom stereocenters. The highest BCUT2D eigenvalue weighted by Crippen LogP contribution is 2.25. The summed E-state index contributed by atoms with van der Waals surface area (Å²) < 4.78 is 26.5. The third-order valence-corrected chi connectivity index (χ3v) is 7.00. The third-order valence-electron chi connectivity index (χ3n) is 3.91. The molecule has 0 spiro atoms.